The van der Waals surface area contributed by atoms with E-state index in [9.17, 15) is 26.4 Å². The predicted octanol–water partition coefficient (Wildman–Crippen LogP) is 2.26. The predicted molar refractivity (Wildman–Crippen MR) is 103 cm³/mol. The average Bonchev–Trinajstić information content (AvgIpc) is 2.66. The van der Waals surface area contributed by atoms with Crippen molar-refractivity contribution in [1.29, 1.82) is 0 Å². The lowest BCUT2D eigenvalue weighted by molar-refractivity contribution is -0.124. The van der Waals surface area contributed by atoms with Crippen molar-refractivity contribution >= 4 is 32.8 Å². The molecule has 0 spiro atoms. The third-order valence-corrected chi connectivity index (χ3v) is 8.20. The Balaban J connectivity index is 1.81. The van der Waals surface area contributed by atoms with Crippen LogP contribution in [0.4, 0.5) is 0 Å². The van der Waals surface area contributed by atoms with E-state index in [0.29, 0.717) is 38.3 Å². The highest BCUT2D eigenvalue weighted by atomic mass is 32.2. The van der Waals surface area contributed by atoms with Crippen LogP contribution >= 0.6 is 0 Å². The number of hydrogen-bond acceptors (Lipinski definition) is 8. The largest absolute Gasteiger partial charge is 0.300 e. The molecular formula is C18H30O8S2. The summed E-state index contributed by atoms with van der Waals surface area (Å²) in [4.78, 5) is 22.7. The van der Waals surface area contributed by atoms with Crippen LogP contribution in [0.2, 0.25) is 0 Å². The Kier molecular flexibility index (Phi) is 8.18. The molecule has 2 fully saturated rings. The minimum absolute atomic E-state index is 0.0634. The summed E-state index contributed by atoms with van der Waals surface area (Å²) in [5.74, 6) is -0.728. The number of carbonyl (C=O) groups excluding carboxylic acids is 2. The smallest absolute Gasteiger partial charge is 0.268 e. The SMILES string of the molecule is O=CC1(OS(=O)(=O)CCCCS(=O)(=O)OC2(C=O)CCCCC2)CCCCC1. The Bertz CT molecular complexity index is 666. The fourth-order valence-electron chi connectivity index (χ4n) is 3.89. The van der Waals surface area contributed by atoms with Gasteiger partial charge in [0.1, 0.15) is 11.2 Å². The fraction of sp³-hybridized carbons (Fsp3) is 0.889. The molecule has 0 unspecified atom stereocenters. The zero-order chi connectivity index (χ0) is 20.7. The zero-order valence-electron chi connectivity index (χ0n) is 16.1. The number of aldehydes is 2. The van der Waals surface area contributed by atoms with Crippen molar-refractivity contribution in [2.45, 2.75) is 88.3 Å². The number of unbranched alkanes of at least 4 members (excludes halogenated alkanes) is 1. The maximum atomic E-state index is 12.2. The molecule has 0 heterocycles. The van der Waals surface area contributed by atoms with Crippen LogP contribution in [0.25, 0.3) is 0 Å². The molecule has 2 aliphatic rings. The monoisotopic (exact) mass is 438 g/mol. The normalized spacial score (nSPS) is 22.4. The van der Waals surface area contributed by atoms with Gasteiger partial charge in [0.25, 0.3) is 20.2 Å². The van der Waals surface area contributed by atoms with Gasteiger partial charge in [-0.2, -0.15) is 16.8 Å². The van der Waals surface area contributed by atoms with Crippen molar-refractivity contribution in [2.75, 3.05) is 11.5 Å². The zero-order valence-corrected chi connectivity index (χ0v) is 17.8. The molecule has 0 atom stereocenters. The molecule has 2 saturated carbocycles. The van der Waals surface area contributed by atoms with Gasteiger partial charge in [0.2, 0.25) is 0 Å². The second-order valence-corrected chi connectivity index (χ2v) is 11.3. The van der Waals surface area contributed by atoms with Gasteiger partial charge in [0.15, 0.2) is 12.6 Å². The molecule has 0 aromatic heterocycles. The Morgan fingerprint density at radius 3 is 1.21 bits per heavy atom. The fourth-order valence-corrected chi connectivity index (χ4v) is 6.59. The van der Waals surface area contributed by atoms with Crippen LogP contribution < -0.4 is 0 Å². The minimum Gasteiger partial charge on any atom is -0.300 e. The first-order valence-electron chi connectivity index (χ1n) is 9.95. The van der Waals surface area contributed by atoms with Crippen molar-refractivity contribution < 1.29 is 34.8 Å². The van der Waals surface area contributed by atoms with Crippen LogP contribution in [0, 0.1) is 0 Å². The van der Waals surface area contributed by atoms with Gasteiger partial charge in [-0.25, -0.2) is 0 Å². The van der Waals surface area contributed by atoms with Crippen molar-refractivity contribution in [2.24, 2.45) is 0 Å². The Morgan fingerprint density at radius 2 is 0.929 bits per heavy atom. The van der Waals surface area contributed by atoms with Crippen LogP contribution in [0.1, 0.15) is 77.0 Å². The molecule has 28 heavy (non-hydrogen) atoms. The minimum atomic E-state index is -3.94. The summed E-state index contributed by atoms with van der Waals surface area (Å²) in [6.07, 6.45) is 7.64. The van der Waals surface area contributed by atoms with Crippen molar-refractivity contribution in [3.8, 4) is 0 Å². The lowest BCUT2D eigenvalue weighted by atomic mass is 9.86. The second kappa shape index (κ2) is 9.77. The molecule has 0 N–H and O–H groups in total. The van der Waals surface area contributed by atoms with Crippen LogP contribution in [-0.2, 0) is 38.2 Å². The average molecular weight is 439 g/mol. The third-order valence-electron chi connectivity index (χ3n) is 5.45. The van der Waals surface area contributed by atoms with Crippen LogP contribution in [-0.4, -0.2) is 52.1 Å². The van der Waals surface area contributed by atoms with Crippen molar-refractivity contribution in [3.63, 3.8) is 0 Å². The highest BCUT2D eigenvalue weighted by molar-refractivity contribution is 7.87. The van der Waals surface area contributed by atoms with E-state index in [1.54, 1.807) is 0 Å². The maximum Gasteiger partial charge on any atom is 0.268 e. The summed E-state index contributed by atoms with van der Waals surface area (Å²) in [5, 5.41) is 0. The van der Waals surface area contributed by atoms with Gasteiger partial charge in [-0.15, -0.1) is 0 Å². The molecule has 162 valence electrons. The van der Waals surface area contributed by atoms with E-state index in [-0.39, 0.29) is 24.3 Å². The standard InChI is InChI=1S/C18H30O8S2/c19-15-17(9-3-1-4-10-17)25-27(21,22)13-7-8-14-28(23,24)26-18(16-20)11-5-2-6-12-18/h15-16H,1-14H2. The van der Waals surface area contributed by atoms with E-state index in [4.69, 9.17) is 8.37 Å². The Morgan fingerprint density at radius 1 is 0.607 bits per heavy atom. The van der Waals surface area contributed by atoms with E-state index >= 15 is 0 Å². The molecule has 2 rings (SSSR count). The third kappa shape index (κ3) is 6.89. The number of rotatable bonds is 11. The van der Waals surface area contributed by atoms with Crippen LogP contribution in [0.3, 0.4) is 0 Å². The molecule has 0 aromatic carbocycles. The molecule has 0 bridgehead atoms. The van der Waals surface area contributed by atoms with Gasteiger partial charge >= 0.3 is 0 Å². The van der Waals surface area contributed by atoms with E-state index < -0.39 is 31.4 Å². The van der Waals surface area contributed by atoms with Gasteiger partial charge in [0.05, 0.1) is 11.5 Å². The van der Waals surface area contributed by atoms with Gasteiger partial charge in [-0.05, 0) is 38.5 Å². The molecular weight excluding hydrogens is 408 g/mol. The van der Waals surface area contributed by atoms with Gasteiger partial charge in [0, 0.05) is 0 Å². The molecule has 0 aromatic rings. The summed E-state index contributed by atoms with van der Waals surface area (Å²) >= 11 is 0. The highest BCUT2D eigenvalue weighted by Crippen LogP contribution is 2.33. The van der Waals surface area contributed by atoms with Crippen LogP contribution in [0.5, 0.6) is 0 Å². The summed E-state index contributed by atoms with van der Waals surface area (Å²) in [5.41, 5.74) is -2.55. The summed E-state index contributed by atoms with van der Waals surface area (Å²) in [6.45, 7) is 0. The van der Waals surface area contributed by atoms with Gasteiger partial charge in [-0.1, -0.05) is 38.5 Å². The Hall–Kier alpha value is -0.840. The molecule has 0 aliphatic heterocycles. The molecule has 10 heteroatoms. The van der Waals surface area contributed by atoms with E-state index in [2.05, 4.69) is 0 Å². The van der Waals surface area contributed by atoms with Crippen LogP contribution in [0.15, 0.2) is 0 Å². The topological polar surface area (TPSA) is 121 Å². The maximum absolute atomic E-state index is 12.2. The van der Waals surface area contributed by atoms with E-state index in [1.165, 1.54) is 0 Å². The lowest BCUT2D eigenvalue weighted by Gasteiger charge is -2.31. The molecule has 0 saturated heterocycles. The van der Waals surface area contributed by atoms with Gasteiger partial charge < -0.3 is 9.59 Å². The molecule has 0 amide bonds. The number of carbonyl (C=O) groups is 2. The lowest BCUT2D eigenvalue weighted by Crippen LogP contribution is -2.40. The summed E-state index contributed by atoms with van der Waals surface area (Å²) < 4.78 is 59.1. The first kappa shape index (κ1) is 23.4. The summed E-state index contributed by atoms with van der Waals surface area (Å²) in [7, 11) is -7.87. The summed E-state index contributed by atoms with van der Waals surface area (Å²) in [6, 6.07) is 0. The van der Waals surface area contributed by atoms with Crippen molar-refractivity contribution in [1.82, 2.24) is 0 Å². The molecule has 2 aliphatic carbocycles. The molecule has 8 nitrogen and oxygen atoms in total. The number of hydrogen-bond donors (Lipinski definition) is 0. The first-order chi connectivity index (χ1) is 13.2. The van der Waals surface area contributed by atoms with E-state index in [0.717, 1.165) is 38.5 Å². The molecule has 0 radical (unpaired) electrons. The van der Waals surface area contributed by atoms with E-state index in [1.807, 2.05) is 0 Å². The van der Waals surface area contributed by atoms with Crippen molar-refractivity contribution in [3.05, 3.63) is 0 Å². The van der Waals surface area contributed by atoms with Gasteiger partial charge in [-0.3, -0.25) is 8.37 Å². The first-order valence-corrected chi connectivity index (χ1v) is 13.1. The second-order valence-electron chi connectivity index (χ2n) is 7.88. The highest BCUT2D eigenvalue weighted by Gasteiger charge is 2.39. The Labute approximate surface area is 167 Å². The quantitative estimate of drug-likeness (QED) is 0.274.